The molecule has 0 fully saturated rings. The molecule has 0 aliphatic heterocycles. The summed E-state index contributed by atoms with van der Waals surface area (Å²) in [7, 11) is 0. The number of rotatable bonds is 8. The van der Waals surface area contributed by atoms with Crippen molar-refractivity contribution in [2.45, 2.75) is 6.42 Å². The SMILES string of the molecule is N#Cc1c(N(CC(=O)O)CC(=O)O)sc(C(=O)[O-])c1CC(=O)O.[K+]. The maximum absolute atomic E-state index is 11.1. The smallest absolute Gasteiger partial charge is 0.544 e. The van der Waals surface area contributed by atoms with Gasteiger partial charge in [0.1, 0.15) is 24.2 Å². The molecule has 0 saturated carbocycles. The number of carboxylic acid groups (broad SMARTS) is 4. The summed E-state index contributed by atoms with van der Waals surface area (Å²) in [6.07, 6.45) is -0.795. The molecular weight excluding hydrogens is 371 g/mol. The monoisotopic (exact) mass is 380 g/mol. The third kappa shape index (κ3) is 5.85. The first kappa shape index (κ1) is 22.5. The van der Waals surface area contributed by atoms with E-state index in [-0.39, 0.29) is 67.5 Å². The van der Waals surface area contributed by atoms with Crippen molar-refractivity contribution in [3.8, 4) is 6.07 Å². The zero-order valence-electron chi connectivity index (χ0n) is 12.3. The minimum Gasteiger partial charge on any atom is -0.544 e. The van der Waals surface area contributed by atoms with E-state index < -0.39 is 48.3 Å². The van der Waals surface area contributed by atoms with Crippen molar-refractivity contribution in [1.82, 2.24) is 0 Å². The number of thiophene rings is 1. The Morgan fingerprint density at radius 1 is 1.08 bits per heavy atom. The molecule has 24 heavy (non-hydrogen) atoms. The fraction of sp³-hybridized carbons (Fsp3) is 0.250. The first-order valence-electron chi connectivity index (χ1n) is 5.84. The molecule has 0 saturated heterocycles. The zero-order valence-corrected chi connectivity index (χ0v) is 16.2. The Bertz CT molecular complexity index is 707. The van der Waals surface area contributed by atoms with Gasteiger partial charge in [-0.3, -0.25) is 14.4 Å². The molecule has 0 aliphatic rings. The van der Waals surface area contributed by atoms with Crippen LogP contribution in [0, 0.1) is 11.3 Å². The number of nitrogens with zero attached hydrogens (tertiary/aromatic N) is 2. The Balaban J connectivity index is 0.00000529. The summed E-state index contributed by atoms with van der Waals surface area (Å²) in [5, 5.41) is 46.5. The Morgan fingerprint density at radius 3 is 1.92 bits per heavy atom. The van der Waals surface area contributed by atoms with E-state index in [1.807, 2.05) is 0 Å². The second-order valence-corrected chi connectivity index (χ2v) is 5.20. The van der Waals surface area contributed by atoms with Crippen LogP contribution in [0.25, 0.3) is 0 Å². The van der Waals surface area contributed by atoms with Crippen molar-refractivity contribution in [1.29, 1.82) is 5.26 Å². The van der Waals surface area contributed by atoms with Crippen LogP contribution in [0.1, 0.15) is 20.8 Å². The molecule has 1 heterocycles. The number of carbonyl (C=O) groups excluding carboxylic acids is 1. The number of nitriles is 1. The van der Waals surface area contributed by atoms with Crippen molar-refractivity contribution in [2.24, 2.45) is 0 Å². The predicted molar refractivity (Wildman–Crippen MR) is 72.2 cm³/mol. The van der Waals surface area contributed by atoms with Gasteiger partial charge in [-0.05, 0) is 0 Å². The maximum Gasteiger partial charge on any atom is 1.00 e. The number of aliphatic carboxylic acids is 3. The molecule has 0 atom stereocenters. The maximum atomic E-state index is 11.1. The van der Waals surface area contributed by atoms with E-state index in [2.05, 4.69) is 0 Å². The Kier molecular flexibility index (Phi) is 9.11. The summed E-state index contributed by atoms with van der Waals surface area (Å²) in [5.41, 5.74) is -0.736. The van der Waals surface area contributed by atoms with Gasteiger partial charge >= 0.3 is 69.3 Å². The van der Waals surface area contributed by atoms with Gasteiger partial charge in [-0.1, -0.05) is 0 Å². The largest absolute Gasteiger partial charge is 1.00 e. The molecule has 1 rings (SSSR count). The topological polar surface area (TPSA) is 179 Å². The summed E-state index contributed by atoms with van der Waals surface area (Å²) in [5.74, 6) is -5.95. The number of hydrogen-bond donors (Lipinski definition) is 3. The van der Waals surface area contributed by atoms with Crippen LogP contribution in [0.2, 0.25) is 0 Å². The summed E-state index contributed by atoms with van der Waals surface area (Å²) in [6, 6.07) is 1.60. The first-order valence-corrected chi connectivity index (χ1v) is 6.66. The molecule has 0 aliphatic carbocycles. The fourth-order valence-electron chi connectivity index (χ4n) is 1.80. The second-order valence-electron chi connectivity index (χ2n) is 4.20. The molecule has 1 aromatic heterocycles. The van der Waals surface area contributed by atoms with Gasteiger partial charge in [0.25, 0.3) is 0 Å². The average Bonchev–Trinajstić information content (AvgIpc) is 2.74. The van der Waals surface area contributed by atoms with E-state index in [9.17, 15) is 24.3 Å². The standard InChI is InChI=1S/C12H10N2O8S.K/c13-2-6-5(1-7(15)16)10(12(21)22)23-11(6)14(3-8(17)18)4-9(19)20;/h1,3-4H2,(H,15,16)(H,17,18)(H,19,20)(H,21,22);/q;+1/p-1. The molecule has 122 valence electrons. The van der Waals surface area contributed by atoms with Gasteiger partial charge < -0.3 is 30.1 Å². The molecule has 3 N–H and O–H groups in total. The van der Waals surface area contributed by atoms with E-state index >= 15 is 0 Å². The summed E-state index contributed by atoms with van der Waals surface area (Å²) in [4.78, 5) is 43.8. The van der Waals surface area contributed by atoms with E-state index in [1.165, 1.54) is 0 Å². The van der Waals surface area contributed by atoms with E-state index in [4.69, 9.17) is 20.6 Å². The number of anilines is 1. The third-order valence-corrected chi connectivity index (χ3v) is 3.83. The average molecular weight is 380 g/mol. The number of carbonyl (C=O) groups is 4. The van der Waals surface area contributed by atoms with Crippen molar-refractivity contribution < 1.29 is 91.0 Å². The van der Waals surface area contributed by atoms with Gasteiger partial charge in [-0.25, -0.2) is 0 Å². The van der Waals surface area contributed by atoms with Crippen LogP contribution in [0.15, 0.2) is 0 Å². The molecule has 10 nitrogen and oxygen atoms in total. The molecule has 12 heteroatoms. The summed E-state index contributed by atoms with van der Waals surface area (Å²) in [6.45, 7) is -1.61. The van der Waals surface area contributed by atoms with Crippen LogP contribution in [0.4, 0.5) is 5.00 Å². The van der Waals surface area contributed by atoms with Crippen LogP contribution in [-0.2, 0) is 20.8 Å². The Labute approximate surface area is 181 Å². The molecule has 0 spiro atoms. The van der Waals surface area contributed by atoms with E-state index in [0.29, 0.717) is 11.3 Å². The van der Waals surface area contributed by atoms with Crippen LogP contribution in [0.3, 0.4) is 0 Å². The number of hydrogen-bond acceptors (Lipinski definition) is 8. The second kappa shape index (κ2) is 9.72. The van der Waals surface area contributed by atoms with Crippen LogP contribution >= 0.6 is 11.3 Å². The van der Waals surface area contributed by atoms with Crippen LogP contribution in [0.5, 0.6) is 0 Å². The van der Waals surface area contributed by atoms with Gasteiger partial charge in [0.15, 0.2) is 0 Å². The summed E-state index contributed by atoms with van der Waals surface area (Å²) < 4.78 is 0. The quantitative estimate of drug-likeness (QED) is 0.373. The van der Waals surface area contributed by atoms with Gasteiger partial charge in [0.05, 0.1) is 22.8 Å². The fourth-order valence-corrected chi connectivity index (χ4v) is 2.90. The van der Waals surface area contributed by atoms with Crippen LogP contribution in [-0.4, -0.2) is 52.3 Å². The normalized spacial score (nSPS) is 9.46. The van der Waals surface area contributed by atoms with Crippen molar-refractivity contribution in [2.75, 3.05) is 18.0 Å². The van der Waals surface area contributed by atoms with E-state index in [0.717, 1.165) is 4.90 Å². The Morgan fingerprint density at radius 2 is 1.58 bits per heavy atom. The van der Waals surface area contributed by atoms with Crippen LogP contribution < -0.4 is 61.4 Å². The summed E-state index contributed by atoms with van der Waals surface area (Å²) >= 11 is 0.404. The predicted octanol–water partition coefficient (Wildman–Crippen LogP) is -4.41. The minimum atomic E-state index is -1.74. The molecule has 0 unspecified atom stereocenters. The van der Waals surface area contributed by atoms with Gasteiger partial charge in [0.2, 0.25) is 0 Å². The van der Waals surface area contributed by atoms with Gasteiger partial charge in [-0.15, -0.1) is 11.3 Å². The molecule has 0 aromatic carbocycles. The number of aromatic carboxylic acids is 1. The molecule has 0 radical (unpaired) electrons. The zero-order chi connectivity index (χ0) is 17.7. The van der Waals surface area contributed by atoms with Gasteiger partial charge in [0, 0.05) is 5.56 Å². The van der Waals surface area contributed by atoms with Crippen molar-refractivity contribution in [3.05, 3.63) is 16.0 Å². The van der Waals surface area contributed by atoms with Crippen molar-refractivity contribution >= 4 is 40.2 Å². The minimum absolute atomic E-state index is 0. The molecular formula is C12H9KN2O8S. The third-order valence-electron chi connectivity index (χ3n) is 2.55. The Hall–Kier alpha value is -1.49. The molecule has 1 aromatic rings. The van der Waals surface area contributed by atoms with Crippen molar-refractivity contribution in [3.63, 3.8) is 0 Å². The molecule has 0 bridgehead atoms. The number of carboxylic acids is 4. The first-order chi connectivity index (χ1) is 10.7. The van der Waals surface area contributed by atoms with E-state index in [1.54, 1.807) is 6.07 Å². The van der Waals surface area contributed by atoms with Gasteiger partial charge in [-0.2, -0.15) is 5.26 Å². The molecule has 0 amide bonds.